The summed E-state index contributed by atoms with van der Waals surface area (Å²) < 4.78 is 1.87. The molecule has 0 bridgehead atoms. The number of nitrogens with zero attached hydrogens (tertiary/aromatic N) is 4. The van der Waals surface area contributed by atoms with E-state index in [9.17, 15) is 4.79 Å². The molecule has 25 heavy (non-hydrogen) atoms. The smallest absolute Gasteiger partial charge is 0.233 e. The van der Waals surface area contributed by atoms with Crippen LogP contribution in [-0.2, 0) is 4.79 Å². The van der Waals surface area contributed by atoms with Gasteiger partial charge in [0, 0.05) is 18.1 Å². The highest BCUT2D eigenvalue weighted by Gasteiger charge is 2.17. The van der Waals surface area contributed by atoms with E-state index in [1.165, 1.54) is 31.0 Å². The Balaban J connectivity index is 1.64. The lowest BCUT2D eigenvalue weighted by atomic mass is 10.1. The van der Waals surface area contributed by atoms with Gasteiger partial charge in [-0.15, -0.1) is 10.2 Å². The second kappa shape index (κ2) is 8.72. The average molecular weight is 379 g/mol. The zero-order valence-electron chi connectivity index (χ0n) is 14.4. The molecule has 2 heterocycles. The molecule has 1 amide bonds. The van der Waals surface area contributed by atoms with E-state index in [0.717, 1.165) is 37.2 Å². The van der Waals surface area contributed by atoms with Gasteiger partial charge in [-0.05, 0) is 37.5 Å². The third kappa shape index (κ3) is 4.76. The van der Waals surface area contributed by atoms with Gasteiger partial charge in [-0.2, -0.15) is 0 Å². The van der Waals surface area contributed by atoms with Crippen LogP contribution in [0.15, 0.2) is 29.7 Å². The van der Waals surface area contributed by atoms with E-state index in [0.29, 0.717) is 15.9 Å². The van der Waals surface area contributed by atoms with Crippen LogP contribution in [-0.4, -0.2) is 44.4 Å². The van der Waals surface area contributed by atoms with Crippen molar-refractivity contribution in [2.45, 2.75) is 44.2 Å². The Kier molecular flexibility index (Phi) is 6.37. The van der Waals surface area contributed by atoms with Crippen LogP contribution in [0.1, 0.15) is 37.7 Å². The number of aromatic nitrogens is 3. The van der Waals surface area contributed by atoms with Crippen molar-refractivity contribution >= 4 is 29.3 Å². The monoisotopic (exact) mass is 378 g/mol. The number of carbonyl (C=O) groups is 1. The second-order valence-electron chi connectivity index (χ2n) is 6.35. The number of benzene rings is 1. The maximum absolute atomic E-state index is 12.5. The molecule has 0 radical (unpaired) electrons. The molecule has 1 fully saturated rings. The first kappa shape index (κ1) is 18.3. The quantitative estimate of drug-likeness (QED) is 0.751. The Hall–Kier alpha value is -1.53. The highest BCUT2D eigenvalue weighted by molar-refractivity contribution is 7.99. The zero-order chi connectivity index (χ0) is 17.6. The summed E-state index contributed by atoms with van der Waals surface area (Å²) in [5.41, 5.74) is 1.93. The molecule has 5 nitrogen and oxygen atoms in total. The molecule has 1 aliphatic rings. The van der Waals surface area contributed by atoms with Crippen molar-refractivity contribution < 1.29 is 4.79 Å². The Bertz CT molecular complexity index is 726. The fourth-order valence-electron chi connectivity index (χ4n) is 2.95. The van der Waals surface area contributed by atoms with E-state index in [2.05, 4.69) is 10.2 Å². The van der Waals surface area contributed by atoms with Crippen LogP contribution >= 0.6 is 23.4 Å². The normalized spacial score (nSPS) is 15.7. The van der Waals surface area contributed by atoms with Gasteiger partial charge in [0.05, 0.1) is 11.4 Å². The van der Waals surface area contributed by atoms with Gasteiger partial charge >= 0.3 is 0 Å². The van der Waals surface area contributed by atoms with Crippen LogP contribution in [0.3, 0.4) is 0 Å². The highest BCUT2D eigenvalue weighted by atomic mass is 35.5. The molecule has 2 aromatic rings. The van der Waals surface area contributed by atoms with Gasteiger partial charge in [-0.25, -0.2) is 0 Å². The molecular weight excluding hydrogens is 356 g/mol. The summed E-state index contributed by atoms with van der Waals surface area (Å²) in [7, 11) is 0. The van der Waals surface area contributed by atoms with Gasteiger partial charge in [0.25, 0.3) is 0 Å². The first-order valence-corrected chi connectivity index (χ1v) is 10.1. The van der Waals surface area contributed by atoms with Gasteiger partial charge in [0.15, 0.2) is 5.16 Å². The molecule has 134 valence electrons. The molecule has 1 aliphatic heterocycles. The SMILES string of the molecule is Cc1ccc(-n2cnnc2SCC(=O)N2CCCCCCC2)cc1Cl. The average Bonchev–Trinajstić information content (AvgIpc) is 3.03. The van der Waals surface area contributed by atoms with Crippen molar-refractivity contribution in [3.8, 4) is 5.69 Å². The lowest BCUT2D eigenvalue weighted by Gasteiger charge is -2.24. The van der Waals surface area contributed by atoms with Gasteiger partial charge < -0.3 is 4.90 Å². The molecular formula is C18H23ClN4OS. The van der Waals surface area contributed by atoms with Crippen molar-refractivity contribution in [3.05, 3.63) is 35.1 Å². The molecule has 0 aliphatic carbocycles. The van der Waals surface area contributed by atoms with Crippen molar-refractivity contribution in [2.75, 3.05) is 18.8 Å². The molecule has 1 aromatic heterocycles. The molecule has 3 rings (SSSR count). The van der Waals surface area contributed by atoms with Crippen molar-refractivity contribution in [1.82, 2.24) is 19.7 Å². The number of aryl methyl sites for hydroxylation is 1. The van der Waals surface area contributed by atoms with E-state index in [4.69, 9.17) is 11.6 Å². The minimum absolute atomic E-state index is 0.184. The maximum Gasteiger partial charge on any atom is 0.233 e. The minimum Gasteiger partial charge on any atom is -0.342 e. The highest BCUT2D eigenvalue weighted by Crippen LogP contribution is 2.24. The molecule has 0 N–H and O–H groups in total. The number of hydrogen-bond acceptors (Lipinski definition) is 4. The fourth-order valence-corrected chi connectivity index (χ4v) is 3.95. The van der Waals surface area contributed by atoms with E-state index in [-0.39, 0.29) is 5.91 Å². The van der Waals surface area contributed by atoms with Crippen molar-refractivity contribution in [2.24, 2.45) is 0 Å². The topological polar surface area (TPSA) is 51.0 Å². The molecule has 0 saturated carbocycles. The van der Waals surface area contributed by atoms with E-state index in [1.54, 1.807) is 6.33 Å². The number of rotatable bonds is 4. The Morgan fingerprint density at radius 2 is 1.92 bits per heavy atom. The summed E-state index contributed by atoms with van der Waals surface area (Å²) in [6.45, 7) is 3.72. The van der Waals surface area contributed by atoms with Crippen LogP contribution in [0.2, 0.25) is 5.02 Å². The predicted molar refractivity (Wildman–Crippen MR) is 101 cm³/mol. The Labute approximate surface area is 157 Å². The third-order valence-corrected chi connectivity index (χ3v) is 5.82. The summed E-state index contributed by atoms with van der Waals surface area (Å²) in [4.78, 5) is 14.5. The van der Waals surface area contributed by atoms with Gasteiger partial charge in [0.2, 0.25) is 5.91 Å². The Morgan fingerprint density at radius 3 is 2.64 bits per heavy atom. The standard InChI is InChI=1S/C18H23ClN4OS/c1-14-7-8-15(11-16(14)19)23-13-20-21-18(23)25-12-17(24)22-9-5-3-2-4-6-10-22/h7-8,11,13H,2-6,9-10,12H2,1H3. The van der Waals surface area contributed by atoms with Gasteiger partial charge in [0.1, 0.15) is 6.33 Å². The minimum atomic E-state index is 0.184. The molecule has 0 unspecified atom stereocenters. The summed E-state index contributed by atoms with van der Waals surface area (Å²) in [5, 5.41) is 9.57. The summed E-state index contributed by atoms with van der Waals surface area (Å²) in [5.74, 6) is 0.571. The van der Waals surface area contributed by atoms with Gasteiger partial charge in [-0.1, -0.05) is 48.7 Å². The van der Waals surface area contributed by atoms with E-state index in [1.807, 2.05) is 34.6 Å². The number of likely N-dealkylation sites (tertiary alicyclic amines) is 1. The summed E-state index contributed by atoms with van der Waals surface area (Å²) in [6.07, 6.45) is 7.60. The van der Waals surface area contributed by atoms with Gasteiger partial charge in [-0.3, -0.25) is 9.36 Å². The molecule has 0 atom stereocenters. The number of thioether (sulfide) groups is 1. The number of amides is 1. The Morgan fingerprint density at radius 1 is 1.20 bits per heavy atom. The van der Waals surface area contributed by atoms with Crippen molar-refractivity contribution in [3.63, 3.8) is 0 Å². The lowest BCUT2D eigenvalue weighted by molar-refractivity contribution is -0.128. The van der Waals surface area contributed by atoms with Crippen molar-refractivity contribution in [1.29, 1.82) is 0 Å². The first-order chi connectivity index (χ1) is 12.1. The molecule has 0 spiro atoms. The van der Waals surface area contributed by atoms with Crippen LogP contribution in [0, 0.1) is 6.92 Å². The lowest BCUT2D eigenvalue weighted by Crippen LogP contribution is -2.35. The third-order valence-electron chi connectivity index (χ3n) is 4.48. The largest absolute Gasteiger partial charge is 0.342 e. The molecule has 1 saturated heterocycles. The zero-order valence-corrected chi connectivity index (χ0v) is 16.0. The molecule has 7 heteroatoms. The van der Waals surface area contributed by atoms with E-state index < -0.39 is 0 Å². The number of hydrogen-bond donors (Lipinski definition) is 0. The summed E-state index contributed by atoms with van der Waals surface area (Å²) >= 11 is 7.65. The van der Waals surface area contributed by atoms with Crippen LogP contribution < -0.4 is 0 Å². The van der Waals surface area contributed by atoms with E-state index >= 15 is 0 Å². The molecule has 1 aromatic carbocycles. The second-order valence-corrected chi connectivity index (χ2v) is 7.70. The van der Waals surface area contributed by atoms with Crippen LogP contribution in [0.4, 0.5) is 0 Å². The number of halogens is 1. The maximum atomic E-state index is 12.5. The van der Waals surface area contributed by atoms with Crippen LogP contribution in [0.25, 0.3) is 5.69 Å². The predicted octanol–water partition coefficient (Wildman–Crippen LogP) is 4.11. The van der Waals surface area contributed by atoms with Crippen LogP contribution in [0.5, 0.6) is 0 Å². The number of carbonyl (C=O) groups excluding carboxylic acids is 1. The first-order valence-electron chi connectivity index (χ1n) is 8.72. The fraction of sp³-hybridized carbons (Fsp3) is 0.500. The summed E-state index contributed by atoms with van der Waals surface area (Å²) in [6, 6.07) is 5.84.